The number of rotatable bonds is 4. The molecule has 0 aliphatic rings. The van der Waals surface area contributed by atoms with E-state index in [1.54, 1.807) is 4.57 Å². The molecule has 0 saturated heterocycles. The van der Waals surface area contributed by atoms with E-state index in [0.29, 0.717) is 4.77 Å². The summed E-state index contributed by atoms with van der Waals surface area (Å²) < 4.78 is 7.07. The summed E-state index contributed by atoms with van der Waals surface area (Å²) >= 11 is 5.27. The van der Waals surface area contributed by atoms with E-state index in [-0.39, 0.29) is 11.9 Å². The Balaban J connectivity index is 2.62. The van der Waals surface area contributed by atoms with Gasteiger partial charge < -0.3 is 4.74 Å². The number of carbonyl (C=O) groups is 1. The van der Waals surface area contributed by atoms with Crippen molar-refractivity contribution in [2.24, 2.45) is 0 Å². The normalized spacial score (nSPS) is 12.4. The van der Waals surface area contributed by atoms with Gasteiger partial charge in [0.1, 0.15) is 5.82 Å². The molecular formula is C14H17N3O2S. The summed E-state index contributed by atoms with van der Waals surface area (Å²) in [5, 5.41) is 6.97. The molecule has 1 heterocycles. The topological polar surface area (TPSA) is 59.9 Å². The number of benzene rings is 1. The maximum absolute atomic E-state index is 12.2. The van der Waals surface area contributed by atoms with Crippen LogP contribution in [0, 0.1) is 4.77 Å². The molecule has 0 fully saturated rings. The van der Waals surface area contributed by atoms with Gasteiger partial charge in [0.05, 0.1) is 7.11 Å². The summed E-state index contributed by atoms with van der Waals surface area (Å²) in [7, 11) is 1.37. The van der Waals surface area contributed by atoms with Crippen molar-refractivity contribution in [2.45, 2.75) is 25.8 Å². The Morgan fingerprint density at radius 1 is 1.35 bits per heavy atom. The summed E-state index contributed by atoms with van der Waals surface area (Å²) in [5.74, 6) is 0.503. The number of aromatic amines is 1. The van der Waals surface area contributed by atoms with Gasteiger partial charge in [-0.25, -0.2) is 4.79 Å². The molecule has 5 nitrogen and oxygen atoms in total. The molecule has 1 aromatic carbocycles. The monoisotopic (exact) mass is 291 g/mol. The fourth-order valence-electron chi connectivity index (χ4n) is 2.11. The van der Waals surface area contributed by atoms with Crippen LogP contribution in [0.1, 0.15) is 37.2 Å². The second-order valence-corrected chi connectivity index (χ2v) is 5.13. The predicted octanol–water partition coefficient (Wildman–Crippen LogP) is 2.83. The van der Waals surface area contributed by atoms with Gasteiger partial charge in [-0.3, -0.25) is 9.67 Å². The fourth-order valence-corrected chi connectivity index (χ4v) is 2.36. The Kier molecular flexibility index (Phi) is 4.34. The number of nitrogens with one attached hydrogen (secondary N) is 1. The molecule has 1 unspecified atom stereocenters. The van der Waals surface area contributed by atoms with Crippen molar-refractivity contribution in [1.82, 2.24) is 14.8 Å². The minimum Gasteiger partial charge on any atom is -0.467 e. The zero-order chi connectivity index (χ0) is 14.7. The zero-order valence-electron chi connectivity index (χ0n) is 11.7. The van der Waals surface area contributed by atoms with E-state index < -0.39 is 6.04 Å². The molecule has 1 aromatic heterocycles. The molecule has 0 radical (unpaired) electrons. The number of hydrogen-bond acceptors (Lipinski definition) is 4. The first-order valence-electron chi connectivity index (χ1n) is 6.35. The van der Waals surface area contributed by atoms with E-state index in [1.165, 1.54) is 7.11 Å². The summed E-state index contributed by atoms with van der Waals surface area (Å²) in [5.41, 5.74) is 0.818. The number of hydrogen-bond donors (Lipinski definition) is 1. The number of nitrogens with zero attached hydrogens (tertiary/aromatic N) is 2. The molecule has 1 atom stereocenters. The Labute approximate surface area is 122 Å². The molecule has 106 valence electrons. The van der Waals surface area contributed by atoms with E-state index in [2.05, 4.69) is 10.2 Å². The Bertz CT molecular complexity index is 646. The minimum atomic E-state index is -0.621. The third-order valence-electron chi connectivity index (χ3n) is 3.05. The Morgan fingerprint density at radius 3 is 2.55 bits per heavy atom. The number of aromatic nitrogens is 3. The predicted molar refractivity (Wildman–Crippen MR) is 78.1 cm³/mol. The zero-order valence-corrected chi connectivity index (χ0v) is 12.5. The number of methoxy groups -OCH3 is 1. The van der Waals surface area contributed by atoms with E-state index in [1.807, 2.05) is 44.2 Å². The molecule has 0 bridgehead atoms. The third kappa shape index (κ3) is 2.65. The van der Waals surface area contributed by atoms with Crippen LogP contribution in [0.2, 0.25) is 0 Å². The largest absolute Gasteiger partial charge is 0.467 e. The van der Waals surface area contributed by atoms with Gasteiger partial charge in [0, 0.05) is 5.92 Å². The molecule has 0 saturated carbocycles. The van der Waals surface area contributed by atoms with Gasteiger partial charge in [-0.2, -0.15) is 5.10 Å². The van der Waals surface area contributed by atoms with Crippen molar-refractivity contribution >= 4 is 18.2 Å². The second-order valence-electron chi connectivity index (χ2n) is 4.75. The maximum atomic E-state index is 12.2. The minimum absolute atomic E-state index is 0.138. The molecule has 0 aliphatic carbocycles. The number of carbonyl (C=O) groups excluding carboxylic acids is 1. The van der Waals surface area contributed by atoms with E-state index in [0.717, 1.165) is 11.4 Å². The van der Waals surface area contributed by atoms with Crippen LogP contribution in [-0.2, 0) is 9.53 Å². The fraction of sp³-hybridized carbons (Fsp3) is 0.357. The average Bonchev–Trinajstić information content (AvgIpc) is 2.82. The lowest BCUT2D eigenvalue weighted by Gasteiger charge is -2.19. The first-order chi connectivity index (χ1) is 9.56. The molecular weight excluding hydrogens is 274 g/mol. The molecule has 2 rings (SSSR count). The van der Waals surface area contributed by atoms with Crippen molar-refractivity contribution in [1.29, 1.82) is 0 Å². The third-order valence-corrected chi connectivity index (χ3v) is 3.33. The van der Waals surface area contributed by atoms with E-state index in [9.17, 15) is 4.79 Å². The number of ether oxygens (including phenoxy) is 1. The van der Waals surface area contributed by atoms with Crippen LogP contribution in [0.15, 0.2) is 30.3 Å². The van der Waals surface area contributed by atoms with Crippen molar-refractivity contribution in [2.75, 3.05) is 7.11 Å². The van der Waals surface area contributed by atoms with Crippen LogP contribution >= 0.6 is 12.2 Å². The van der Waals surface area contributed by atoms with E-state index in [4.69, 9.17) is 17.0 Å². The quantitative estimate of drug-likeness (QED) is 0.695. The lowest BCUT2D eigenvalue weighted by atomic mass is 10.1. The standard InChI is InChI=1S/C14H17N3O2S/c1-9(2)12-15-16-14(20)17(12)11(13(18)19-3)10-7-5-4-6-8-10/h4-9,11H,1-3H3,(H,16,20). The molecule has 2 aromatic rings. The van der Waals surface area contributed by atoms with Crippen LogP contribution in [-0.4, -0.2) is 27.8 Å². The Hall–Kier alpha value is -1.95. The smallest absolute Gasteiger partial charge is 0.333 e. The van der Waals surface area contributed by atoms with Gasteiger partial charge in [-0.15, -0.1) is 0 Å². The van der Waals surface area contributed by atoms with Crippen molar-refractivity contribution in [3.8, 4) is 0 Å². The first kappa shape index (κ1) is 14.5. The average molecular weight is 291 g/mol. The van der Waals surface area contributed by atoms with Gasteiger partial charge in [0.25, 0.3) is 0 Å². The van der Waals surface area contributed by atoms with Crippen LogP contribution < -0.4 is 0 Å². The highest BCUT2D eigenvalue weighted by Gasteiger charge is 2.27. The highest BCUT2D eigenvalue weighted by molar-refractivity contribution is 7.71. The highest BCUT2D eigenvalue weighted by atomic mass is 32.1. The van der Waals surface area contributed by atoms with Crippen LogP contribution in [0.5, 0.6) is 0 Å². The molecule has 0 amide bonds. The SMILES string of the molecule is COC(=O)C(c1ccccc1)n1c(C(C)C)n[nH]c1=S. The Morgan fingerprint density at radius 2 is 2.00 bits per heavy atom. The second kappa shape index (κ2) is 6.00. The van der Waals surface area contributed by atoms with Crippen LogP contribution in [0.4, 0.5) is 0 Å². The van der Waals surface area contributed by atoms with Gasteiger partial charge in [0.2, 0.25) is 0 Å². The molecule has 0 spiro atoms. The summed E-state index contributed by atoms with van der Waals surface area (Å²) in [6.45, 7) is 4.00. The molecule has 1 N–H and O–H groups in total. The molecule has 0 aliphatic heterocycles. The van der Waals surface area contributed by atoms with E-state index >= 15 is 0 Å². The lowest BCUT2D eigenvalue weighted by molar-refractivity contribution is -0.143. The van der Waals surface area contributed by atoms with Gasteiger partial charge in [-0.1, -0.05) is 44.2 Å². The maximum Gasteiger partial charge on any atom is 0.333 e. The summed E-state index contributed by atoms with van der Waals surface area (Å²) in [4.78, 5) is 12.2. The highest BCUT2D eigenvalue weighted by Crippen LogP contribution is 2.24. The molecule has 20 heavy (non-hydrogen) atoms. The van der Waals surface area contributed by atoms with Crippen LogP contribution in [0.3, 0.4) is 0 Å². The number of esters is 1. The van der Waals surface area contributed by atoms with Gasteiger partial charge in [0.15, 0.2) is 10.8 Å². The van der Waals surface area contributed by atoms with Crippen molar-refractivity contribution < 1.29 is 9.53 Å². The van der Waals surface area contributed by atoms with Crippen LogP contribution in [0.25, 0.3) is 0 Å². The van der Waals surface area contributed by atoms with Crippen molar-refractivity contribution in [3.05, 3.63) is 46.5 Å². The summed E-state index contributed by atoms with van der Waals surface area (Å²) in [6, 6.07) is 8.79. The van der Waals surface area contributed by atoms with Crippen molar-refractivity contribution in [3.63, 3.8) is 0 Å². The lowest BCUT2D eigenvalue weighted by Crippen LogP contribution is -2.24. The molecule has 6 heteroatoms. The number of H-pyrrole nitrogens is 1. The van der Waals surface area contributed by atoms with Gasteiger partial charge in [-0.05, 0) is 17.8 Å². The first-order valence-corrected chi connectivity index (χ1v) is 6.76. The summed E-state index contributed by atoms with van der Waals surface area (Å²) in [6.07, 6.45) is 0. The van der Waals surface area contributed by atoms with Gasteiger partial charge >= 0.3 is 5.97 Å².